The number of nitrogens with zero attached hydrogens (tertiary/aromatic N) is 1. The zero-order chi connectivity index (χ0) is 18.2. The standard InChI is InChI=1S/C24H25NO/c1-25(19-18-21-10-6-3-7-11-21)24(26)23-16-14-22(15-17-23)13-12-20-8-4-2-5-9-20/h2,4-5,8-10,14-17H,3,6-7,11,18-19H2,1H3. The first-order valence-corrected chi connectivity index (χ1v) is 9.33. The molecule has 2 aromatic rings. The van der Waals surface area contributed by atoms with Crippen LogP contribution in [0.3, 0.4) is 0 Å². The molecule has 0 fully saturated rings. The summed E-state index contributed by atoms with van der Waals surface area (Å²) >= 11 is 0. The monoisotopic (exact) mass is 343 g/mol. The van der Waals surface area contributed by atoms with Crippen LogP contribution in [-0.4, -0.2) is 24.4 Å². The molecule has 0 aromatic heterocycles. The quantitative estimate of drug-likeness (QED) is 0.562. The van der Waals surface area contributed by atoms with Crippen LogP contribution >= 0.6 is 0 Å². The summed E-state index contributed by atoms with van der Waals surface area (Å²) in [6.45, 7) is 0.778. The third kappa shape index (κ3) is 5.10. The summed E-state index contributed by atoms with van der Waals surface area (Å²) in [6.07, 6.45) is 8.31. The number of hydrogen-bond donors (Lipinski definition) is 0. The van der Waals surface area contributed by atoms with Crippen LogP contribution in [0.1, 0.15) is 53.6 Å². The van der Waals surface area contributed by atoms with Crippen LogP contribution in [0.4, 0.5) is 0 Å². The van der Waals surface area contributed by atoms with Gasteiger partial charge in [-0.15, -0.1) is 0 Å². The molecule has 0 spiro atoms. The Morgan fingerprint density at radius 1 is 0.962 bits per heavy atom. The van der Waals surface area contributed by atoms with Gasteiger partial charge in [0.1, 0.15) is 0 Å². The Labute approximate surface area is 156 Å². The molecule has 2 heteroatoms. The molecule has 0 saturated heterocycles. The summed E-state index contributed by atoms with van der Waals surface area (Å²) in [5.41, 5.74) is 4.13. The molecule has 26 heavy (non-hydrogen) atoms. The van der Waals surface area contributed by atoms with Crippen molar-refractivity contribution in [2.45, 2.75) is 32.1 Å². The highest BCUT2D eigenvalue weighted by molar-refractivity contribution is 5.94. The minimum absolute atomic E-state index is 0.0731. The fourth-order valence-corrected chi connectivity index (χ4v) is 3.13. The van der Waals surface area contributed by atoms with Crippen molar-refractivity contribution in [2.24, 2.45) is 0 Å². The third-order valence-corrected chi connectivity index (χ3v) is 4.76. The molecule has 0 aliphatic heterocycles. The van der Waals surface area contributed by atoms with Crippen LogP contribution in [0.15, 0.2) is 66.2 Å². The smallest absolute Gasteiger partial charge is 0.253 e. The van der Waals surface area contributed by atoms with Crippen molar-refractivity contribution in [1.82, 2.24) is 4.90 Å². The van der Waals surface area contributed by atoms with Gasteiger partial charge in [0, 0.05) is 30.3 Å². The largest absolute Gasteiger partial charge is 0.341 e. The predicted octanol–water partition coefficient (Wildman–Crippen LogP) is 5.05. The summed E-state index contributed by atoms with van der Waals surface area (Å²) in [5, 5.41) is 0. The maximum absolute atomic E-state index is 12.6. The normalized spacial score (nSPS) is 13.3. The van der Waals surface area contributed by atoms with E-state index in [2.05, 4.69) is 17.9 Å². The molecule has 1 aliphatic carbocycles. The summed E-state index contributed by atoms with van der Waals surface area (Å²) < 4.78 is 0. The SMILES string of the molecule is CN(CCC1=CCCCC1)C(=O)c1ccc(C#Cc2ccccc2)cc1. The highest BCUT2D eigenvalue weighted by atomic mass is 16.2. The van der Waals surface area contributed by atoms with E-state index >= 15 is 0 Å². The highest BCUT2D eigenvalue weighted by Gasteiger charge is 2.12. The van der Waals surface area contributed by atoms with Crippen molar-refractivity contribution in [3.05, 3.63) is 82.9 Å². The lowest BCUT2D eigenvalue weighted by Gasteiger charge is -2.19. The molecule has 0 radical (unpaired) electrons. The van der Waals surface area contributed by atoms with Crippen LogP contribution in [0.25, 0.3) is 0 Å². The van der Waals surface area contributed by atoms with Crippen LogP contribution in [0.2, 0.25) is 0 Å². The van der Waals surface area contributed by atoms with E-state index in [1.54, 1.807) is 0 Å². The average molecular weight is 343 g/mol. The first-order chi connectivity index (χ1) is 12.7. The van der Waals surface area contributed by atoms with Crippen molar-refractivity contribution in [3.63, 3.8) is 0 Å². The van der Waals surface area contributed by atoms with E-state index < -0.39 is 0 Å². The lowest BCUT2D eigenvalue weighted by molar-refractivity contribution is 0.0796. The molecule has 0 atom stereocenters. The molecule has 0 heterocycles. The Morgan fingerprint density at radius 2 is 1.65 bits per heavy atom. The van der Waals surface area contributed by atoms with Gasteiger partial charge in [-0.25, -0.2) is 0 Å². The Morgan fingerprint density at radius 3 is 2.31 bits per heavy atom. The van der Waals surface area contributed by atoms with Crippen molar-refractivity contribution < 1.29 is 4.79 Å². The van der Waals surface area contributed by atoms with E-state index in [9.17, 15) is 4.79 Å². The molecule has 132 valence electrons. The Hall–Kier alpha value is -2.79. The predicted molar refractivity (Wildman–Crippen MR) is 107 cm³/mol. The van der Waals surface area contributed by atoms with Crippen LogP contribution < -0.4 is 0 Å². The Balaban J connectivity index is 1.58. The Kier molecular flexibility index (Phi) is 6.28. The van der Waals surface area contributed by atoms with Gasteiger partial charge in [0.2, 0.25) is 0 Å². The molecule has 2 aromatic carbocycles. The number of allylic oxidation sites excluding steroid dienone is 1. The number of carbonyl (C=O) groups excluding carboxylic acids is 1. The second-order valence-electron chi connectivity index (χ2n) is 6.78. The number of amides is 1. The first kappa shape index (κ1) is 18.0. The highest BCUT2D eigenvalue weighted by Crippen LogP contribution is 2.20. The molecular weight excluding hydrogens is 318 g/mol. The number of rotatable bonds is 4. The van der Waals surface area contributed by atoms with Crippen molar-refractivity contribution in [3.8, 4) is 11.8 Å². The van der Waals surface area contributed by atoms with Gasteiger partial charge >= 0.3 is 0 Å². The van der Waals surface area contributed by atoms with Gasteiger partial charge in [-0.3, -0.25) is 4.79 Å². The van der Waals surface area contributed by atoms with Gasteiger partial charge in [0.15, 0.2) is 0 Å². The van der Waals surface area contributed by atoms with Crippen molar-refractivity contribution in [2.75, 3.05) is 13.6 Å². The van der Waals surface area contributed by atoms with Gasteiger partial charge in [0.25, 0.3) is 5.91 Å². The first-order valence-electron chi connectivity index (χ1n) is 9.33. The minimum atomic E-state index is 0.0731. The average Bonchev–Trinajstić information content (AvgIpc) is 2.72. The molecule has 0 bridgehead atoms. The molecule has 0 saturated carbocycles. The van der Waals surface area contributed by atoms with Crippen molar-refractivity contribution in [1.29, 1.82) is 0 Å². The van der Waals surface area contributed by atoms with E-state index in [-0.39, 0.29) is 5.91 Å². The van der Waals surface area contributed by atoms with Gasteiger partial charge in [0.05, 0.1) is 0 Å². The van der Waals surface area contributed by atoms with Crippen LogP contribution in [0, 0.1) is 11.8 Å². The number of benzene rings is 2. The van der Waals surface area contributed by atoms with E-state index in [1.165, 1.54) is 31.3 Å². The summed E-state index contributed by atoms with van der Waals surface area (Å²) in [4.78, 5) is 14.4. The number of hydrogen-bond acceptors (Lipinski definition) is 1. The maximum atomic E-state index is 12.6. The van der Waals surface area contributed by atoms with E-state index in [4.69, 9.17) is 0 Å². The minimum Gasteiger partial charge on any atom is -0.341 e. The van der Waals surface area contributed by atoms with Crippen LogP contribution in [0.5, 0.6) is 0 Å². The summed E-state index contributed by atoms with van der Waals surface area (Å²) in [6, 6.07) is 17.5. The fourth-order valence-electron chi connectivity index (χ4n) is 3.13. The van der Waals surface area contributed by atoms with Crippen LogP contribution in [-0.2, 0) is 0 Å². The lowest BCUT2D eigenvalue weighted by atomic mass is 9.97. The van der Waals surface area contributed by atoms with Gasteiger partial charge in [-0.05, 0) is 68.5 Å². The van der Waals surface area contributed by atoms with Gasteiger partial charge in [-0.2, -0.15) is 0 Å². The zero-order valence-corrected chi connectivity index (χ0v) is 15.4. The summed E-state index contributed by atoms with van der Waals surface area (Å²) in [7, 11) is 1.88. The molecule has 0 unspecified atom stereocenters. The lowest BCUT2D eigenvalue weighted by Crippen LogP contribution is -2.28. The molecule has 3 rings (SSSR count). The molecule has 1 aliphatic rings. The van der Waals surface area contributed by atoms with Crippen molar-refractivity contribution >= 4 is 5.91 Å². The second-order valence-corrected chi connectivity index (χ2v) is 6.78. The van der Waals surface area contributed by atoms with E-state index in [0.29, 0.717) is 0 Å². The molecule has 0 N–H and O–H groups in total. The molecule has 1 amide bonds. The van der Waals surface area contributed by atoms with E-state index in [0.717, 1.165) is 29.7 Å². The molecule has 2 nitrogen and oxygen atoms in total. The third-order valence-electron chi connectivity index (χ3n) is 4.76. The molecular formula is C24H25NO. The van der Waals surface area contributed by atoms with E-state index in [1.807, 2.05) is 66.5 Å². The summed E-state index contributed by atoms with van der Waals surface area (Å²) in [5.74, 6) is 6.35. The van der Waals surface area contributed by atoms with Gasteiger partial charge in [-0.1, -0.05) is 41.7 Å². The maximum Gasteiger partial charge on any atom is 0.253 e. The topological polar surface area (TPSA) is 20.3 Å². The number of carbonyl (C=O) groups is 1. The Bertz CT molecular complexity index is 822. The second kappa shape index (κ2) is 9.06. The zero-order valence-electron chi connectivity index (χ0n) is 15.4. The fraction of sp³-hybridized carbons (Fsp3) is 0.292. The van der Waals surface area contributed by atoms with Gasteiger partial charge < -0.3 is 4.90 Å².